The molecule has 0 saturated heterocycles. The Bertz CT molecular complexity index is 650. The molecule has 0 spiro atoms. The number of hydrogen-bond donors (Lipinski definition) is 3. The maximum atomic E-state index is 11.6. The Morgan fingerprint density at radius 2 is 2.05 bits per heavy atom. The summed E-state index contributed by atoms with van der Waals surface area (Å²) in [5.74, 6) is 0.549. The smallest absolute Gasteiger partial charge is 0.320 e. The molecule has 1 aliphatic rings. The molecule has 0 radical (unpaired) electrons. The van der Waals surface area contributed by atoms with Crippen LogP contribution in [-0.2, 0) is 6.42 Å². The normalized spacial score (nSPS) is 13.5. The number of amides is 2. The number of para-hydroxylation sites is 1. The Kier molecular flexibility index (Phi) is 4.23. The van der Waals surface area contributed by atoms with Crippen molar-refractivity contribution in [3.8, 4) is 0 Å². The van der Waals surface area contributed by atoms with E-state index in [1.807, 2.05) is 24.3 Å². The predicted molar refractivity (Wildman–Crippen MR) is 88.5 cm³/mol. The summed E-state index contributed by atoms with van der Waals surface area (Å²) in [6.07, 6.45) is 4.83. The molecule has 1 saturated carbocycles. The van der Waals surface area contributed by atoms with Crippen molar-refractivity contribution in [3.05, 3.63) is 48.2 Å². The molecule has 1 heterocycles. The van der Waals surface area contributed by atoms with E-state index < -0.39 is 0 Å². The number of benzene rings is 1. The van der Waals surface area contributed by atoms with E-state index in [-0.39, 0.29) is 6.03 Å². The van der Waals surface area contributed by atoms with E-state index in [1.54, 1.807) is 12.3 Å². The quantitative estimate of drug-likeness (QED) is 0.788. The summed E-state index contributed by atoms with van der Waals surface area (Å²) in [4.78, 5) is 15.9. The largest absolute Gasteiger partial charge is 0.354 e. The van der Waals surface area contributed by atoms with Crippen LogP contribution in [0.5, 0.6) is 0 Å². The molecule has 22 heavy (non-hydrogen) atoms. The molecule has 0 bridgehead atoms. The van der Waals surface area contributed by atoms with Gasteiger partial charge in [-0.3, -0.25) is 5.32 Å². The highest BCUT2D eigenvalue weighted by Crippen LogP contribution is 2.22. The third-order valence-electron chi connectivity index (χ3n) is 3.59. The summed E-state index contributed by atoms with van der Waals surface area (Å²) < 4.78 is 0. The van der Waals surface area contributed by atoms with Crippen molar-refractivity contribution < 1.29 is 4.79 Å². The fourth-order valence-corrected chi connectivity index (χ4v) is 2.21. The molecule has 5 heteroatoms. The van der Waals surface area contributed by atoms with E-state index in [4.69, 9.17) is 0 Å². The van der Waals surface area contributed by atoms with Crippen LogP contribution in [0.25, 0.3) is 0 Å². The van der Waals surface area contributed by atoms with Crippen LogP contribution in [-0.4, -0.2) is 17.1 Å². The summed E-state index contributed by atoms with van der Waals surface area (Å²) >= 11 is 0. The second kappa shape index (κ2) is 6.47. The van der Waals surface area contributed by atoms with Crippen molar-refractivity contribution >= 4 is 23.2 Å². The van der Waals surface area contributed by atoms with Crippen molar-refractivity contribution in [3.63, 3.8) is 0 Å². The zero-order chi connectivity index (χ0) is 15.4. The highest BCUT2D eigenvalue weighted by molar-refractivity contribution is 5.88. The van der Waals surface area contributed by atoms with Gasteiger partial charge in [-0.05, 0) is 43.0 Å². The fraction of sp³-hybridized carbons (Fsp3) is 0.294. The van der Waals surface area contributed by atoms with Gasteiger partial charge in [-0.2, -0.15) is 0 Å². The lowest BCUT2D eigenvalue weighted by Crippen LogP contribution is -2.30. The topological polar surface area (TPSA) is 66.0 Å². The molecule has 0 atom stereocenters. The van der Waals surface area contributed by atoms with Crippen LogP contribution >= 0.6 is 0 Å². The summed E-state index contributed by atoms with van der Waals surface area (Å²) in [7, 11) is 0. The number of rotatable bonds is 5. The first-order valence-electron chi connectivity index (χ1n) is 7.63. The fourth-order valence-electron chi connectivity index (χ4n) is 2.21. The van der Waals surface area contributed by atoms with Crippen molar-refractivity contribution in [2.45, 2.75) is 32.2 Å². The number of aromatic nitrogens is 1. The highest BCUT2D eigenvalue weighted by Gasteiger charge is 2.23. The summed E-state index contributed by atoms with van der Waals surface area (Å²) in [5, 5.41) is 8.96. The van der Waals surface area contributed by atoms with Crippen LogP contribution < -0.4 is 16.0 Å². The minimum Gasteiger partial charge on any atom is -0.354 e. The summed E-state index contributed by atoms with van der Waals surface area (Å²) in [6, 6.07) is 12.1. The van der Waals surface area contributed by atoms with E-state index in [1.165, 1.54) is 5.56 Å². The first kappa shape index (κ1) is 14.4. The number of nitrogens with one attached hydrogen (secondary N) is 3. The summed E-state index contributed by atoms with van der Waals surface area (Å²) in [6.45, 7) is 2.13. The van der Waals surface area contributed by atoms with E-state index in [0.717, 1.165) is 30.6 Å². The maximum absolute atomic E-state index is 11.6. The molecule has 1 aromatic carbocycles. The van der Waals surface area contributed by atoms with E-state index in [2.05, 4.69) is 33.9 Å². The van der Waals surface area contributed by atoms with Gasteiger partial charge >= 0.3 is 6.03 Å². The number of hydrogen-bond acceptors (Lipinski definition) is 3. The molecule has 114 valence electrons. The molecule has 0 aliphatic heterocycles. The molecule has 5 nitrogen and oxygen atoms in total. The van der Waals surface area contributed by atoms with Gasteiger partial charge in [0.1, 0.15) is 5.82 Å². The molecule has 2 amide bonds. The summed E-state index contributed by atoms with van der Waals surface area (Å²) in [5.41, 5.74) is 3.24. The first-order chi connectivity index (χ1) is 10.7. The standard InChI is InChI=1S/C17H20N4O/c1-2-12-5-3-4-6-15(12)19-14-9-10-16(18-11-14)21-17(22)20-13-7-8-13/h3-6,9-11,13,19H,2,7-8H2,1H3,(H2,18,20,21,22). The van der Waals surface area contributed by atoms with Gasteiger partial charge in [0.2, 0.25) is 0 Å². The Morgan fingerprint density at radius 1 is 1.23 bits per heavy atom. The number of pyridine rings is 1. The second-order valence-corrected chi connectivity index (χ2v) is 5.44. The lowest BCUT2D eigenvalue weighted by molar-refractivity contribution is 0.251. The number of anilines is 3. The predicted octanol–water partition coefficient (Wildman–Crippen LogP) is 3.67. The van der Waals surface area contributed by atoms with Crippen LogP contribution in [0.3, 0.4) is 0 Å². The molecule has 2 aromatic rings. The van der Waals surface area contributed by atoms with Crippen LogP contribution in [0, 0.1) is 0 Å². The molecule has 0 unspecified atom stereocenters. The molecule has 3 rings (SSSR count). The first-order valence-corrected chi connectivity index (χ1v) is 7.63. The van der Waals surface area contributed by atoms with Crippen molar-refractivity contribution in [1.82, 2.24) is 10.3 Å². The highest BCUT2D eigenvalue weighted by atomic mass is 16.2. The number of urea groups is 1. The van der Waals surface area contributed by atoms with Gasteiger partial charge in [0.15, 0.2) is 0 Å². The van der Waals surface area contributed by atoms with Gasteiger partial charge in [-0.15, -0.1) is 0 Å². The van der Waals surface area contributed by atoms with E-state index >= 15 is 0 Å². The van der Waals surface area contributed by atoms with Crippen LogP contribution in [0.2, 0.25) is 0 Å². The third-order valence-corrected chi connectivity index (χ3v) is 3.59. The van der Waals surface area contributed by atoms with Gasteiger partial charge in [0, 0.05) is 11.7 Å². The minimum absolute atomic E-state index is 0.188. The SMILES string of the molecule is CCc1ccccc1Nc1ccc(NC(=O)NC2CC2)nc1. The zero-order valence-electron chi connectivity index (χ0n) is 12.6. The van der Waals surface area contributed by atoms with Crippen molar-refractivity contribution in [2.24, 2.45) is 0 Å². The molecule has 1 fully saturated rings. The lowest BCUT2D eigenvalue weighted by atomic mass is 10.1. The monoisotopic (exact) mass is 296 g/mol. The van der Waals surface area contributed by atoms with Gasteiger partial charge in [0.25, 0.3) is 0 Å². The number of nitrogens with zero attached hydrogens (tertiary/aromatic N) is 1. The minimum atomic E-state index is -0.188. The Hall–Kier alpha value is -2.56. The zero-order valence-corrected chi connectivity index (χ0v) is 12.6. The molecule has 1 aliphatic carbocycles. The number of carbonyl (C=O) groups is 1. The average Bonchev–Trinajstić information content (AvgIpc) is 3.33. The maximum Gasteiger partial charge on any atom is 0.320 e. The van der Waals surface area contributed by atoms with Gasteiger partial charge in [0.05, 0.1) is 11.9 Å². The molecular formula is C17H20N4O. The van der Waals surface area contributed by atoms with Crippen molar-refractivity contribution in [2.75, 3.05) is 10.6 Å². The van der Waals surface area contributed by atoms with E-state index in [0.29, 0.717) is 11.9 Å². The third kappa shape index (κ3) is 3.75. The second-order valence-electron chi connectivity index (χ2n) is 5.44. The molecule has 1 aromatic heterocycles. The van der Waals surface area contributed by atoms with Crippen molar-refractivity contribution in [1.29, 1.82) is 0 Å². The van der Waals surface area contributed by atoms with Crippen LogP contribution in [0.4, 0.5) is 22.0 Å². The van der Waals surface area contributed by atoms with E-state index in [9.17, 15) is 4.79 Å². The Morgan fingerprint density at radius 3 is 2.73 bits per heavy atom. The van der Waals surface area contributed by atoms with Gasteiger partial charge in [-0.25, -0.2) is 9.78 Å². The van der Waals surface area contributed by atoms with Crippen LogP contribution in [0.1, 0.15) is 25.3 Å². The Labute approximate surface area is 130 Å². The Balaban J connectivity index is 1.62. The average molecular weight is 296 g/mol. The van der Waals surface area contributed by atoms with Gasteiger partial charge < -0.3 is 10.6 Å². The number of aryl methyl sites for hydroxylation is 1. The van der Waals surface area contributed by atoms with Gasteiger partial charge in [-0.1, -0.05) is 25.1 Å². The molecule has 3 N–H and O–H groups in total. The molecular weight excluding hydrogens is 276 g/mol. The number of carbonyl (C=O) groups excluding carboxylic acids is 1. The van der Waals surface area contributed by atoms with Crippen LogP contribution in [0.15, 0.2) is 42.6 Å². The lowest BCUT2D eigenvalue weighted by Gasteiger charge is -2.11.